The largest absolute Gasteiger partial charge is 0.216 e. The highest BCUT2D eigenvalue weighted by molar-refractivity contribution is 9.47. The first kappa shape index (κ1) is 10.2. The Labute approximate surface area is 91.5 Å². The van der Waals surface area contributed by atoms with Crippen LogP contribution >= 0.6 is 14.8 Å². The Hall–Kier alpha value is -0.350. The Morgan fingerprint density at radius 2 is 2.00 bits per heavy atom. The van der Waals surface area contributed by atoms with Crippen molar-refractivity contribution in [2.24, 2.45) is 0 Å². The van der Waals surface area contributed by atoms with Gasteiger partial charge in [-0.2, -0.15) is 0 Å². The minimum absolute atomic E-state index is 0.354. The van der Waals surface area contributed by atoms with Gasteiger partial charge >= 0.3 is 0 Å². The van der Waals surface area contributed by atoms with E-state index >= 15 is 0 Å². The first-order valence-electron chi connectivity index (χ1n) is 4.60. The molecule has 0 amide bonds. The van der Waals surface area contributed by atoms with Crippen LogP contribution in [0.5, 0.6) is 0 Å². The second-order valence-electron chi connectivity index (χ2n) is 3.56. The van der Waals surface area contributed by atoms with Gasteiger partial charge in [0.2, 0.25) is 8.27 Å². The number of benzene rings is 1. The summed E-state index contributed by atoms with van der Waals surface area (Å²) in [7, 11) is -3.13. The van der Waals surface area contributed by atoms with Crippen molar-refractivity contribution >= 4 is 23.1 Å². The first-order chi connectivity index (χ1) is 6.59. The molecule has 1 atom stereocenters. The Balaban J connectivity index is 2.51. The van der Waals surface area contributed by atoms with E-state index < -0.39 is 8.27 Å². The second-order valence-corrected chi connectivity index (χ2v) is 7.78. The fraction of sp³-hybridized carbons (Fsp3) is 0.400. The molecule has 0 bridgehead atoms. The van der Waals surface area contributed by atoms with E-state index in [-0.39, 0.29) is 5.25 Å². The zero-order valence-electron chi connectivity index (χ0n) is 7.61. The molecule has 0 radical (unpaired) electrons. The van der Waals surface area contributed by atoms with Crippen LogP contribution in [0.1, 0.15) is 29.2 Å². The summed E-state index contributed by atoms with van der Waals surface area (Å²) in [5.41, 5.74) is 2.14. The highest BCUT2D eigenvalue weighted by Crippen LogP contribution is 2.37. The van der Waals surface area contributed by atoms with Gasteiger partial charge in [-0.3, -0.25) is 0 Å². The smallest absolute Gasteiger partial charge is 0.216 e. The lowest BCUT2D eigenvalue weighted by Gasteiger charge is -2.22. The second kappa shape index (κ2) is 3.66. The molecule has 14 heavy (non-hydrogen) atoms. The average molecular weight is 275 g/mol. The molecule has 0 heterocycles. The van der Waals surface area contributed by atoms with Crippen molar-refractivity contribution < 1.29 is 8.42 Å². The molecular weight excluding hydrogens is 264 g/mol. The number of hydrogen-bond acceptors (Lipinski definition) is 2. The molecule has 0 fully saturated rings. The van der Waals surface area contributed by atoms with E-state index in [4.69, 9.17) is 0 Å². The Bertz CT molecular complexity index is 439. The maximum absolute atomic E-state index is 11.5. The maximum Gasteiger partial charge on any atom is 0.216 e. The molecule has 0 aromatic heterocycles. The minimum atomic E-state index is -3.13. The fourth-order valence-electron chi connectivity index (χ4n) is 2.00. The van der Waals surface area contributed by atoms with Crippen molar-refractivity contribution in [1.29, 1.82) is 0 Å². The summed E-state index contributed by atoms with van der Waals surface area (Å²) >= 11 is 2.78. The first-order valence-corrected chi connectivity index (χ1v) is 7.99. The molecular formula is C10H11BrO2S. The standard InChI is InChI=1S/C10H11BrO2S/c11-14(12,13)10-7-3-5-8-4-1-2-6-9(8)10/h1-2,4,6,10H,3,5,7H2. The third kappa shape index (κ3) is 1.86. The topological polar surface area (TPSA) is 34.1 Å². The van der Waals surface area contributed by atoms with E-state index in [0.717, 1.165) is 24.8 Å². The summed E-state index contributed by atoms with van der Waals surface area (Å²) in [6.07, 6.45) is 2.67. The monoisotopic (exact) mass is 274 g/mol. The van der Waals surface area contributed by atoms with Gasteiger partial charge in [0.1, 0.15) is 0 Å². The molecule has 1 aromatic carbocycles. The van der Waals surface area contributed by atoms with Gasteiger partial charge in [-0.15, -0.1) is 0 Å². The number of halogens is 1. The molecule has 1 unspecified atom stereocenters. The van der Waals surface area contributed by atoms with Crippen LogP contribution in [0, 0.1) is 0 Å². The van der Waals surface area contributed by atoms with Crippen LogP contribution < -0.4 is 0 Å². The van der Waals surface area contributed by atoms with E-state index in [1.54, 1.807) is 0 Å². The van der Waals surface area contributed by atoms with Crippen molar-refractivity contribution in [2.45, 2.75) is 24.5 Å². The SMILES string of the molecule is O=S(=O)(Br)C1CCCc2ccccc21. The normalized spacial score (nSPS) is 21.6. The zero-order valence-corrected chi connectivity index (χ0v) is 10.0. The summed E-state index contributed by atoms with van der Waals surface area (Å²) in [5.74, 6) is 0. The van der Waals surface area contributed by atoms with Crippen LogP contribution in [0.3, 0.4) is 0 Å². The number of hydrogen-bond donors (Lipinski definition) is 0. The van der Waals surface area contributed by atoms with Crippen LogP contribution in [-0.2, 0) is 14.7 Å². The third-order valence-corrected chi connectivity index (χ3v) is 5.18. The van der Waals surface area contributed by atoms with Gasteiger partial charge in [0, 0.05) is 0 Å². The van der Waals surface area contributed by atoms with Crippen molar-refractivity contribution in [3.05, 3.63) is 35.4 Å². The summed E-state index contributed by atoms with van der Waals surface area (Å²) in [6, 6.07) is 7.79. The van der Waals surface area contributed by atoms with Crippen LogP contribution in [0.2, 0.25) is 0 Å². The number of fused-ring (bicyclic) bond motifs is 1. The Kier molecular flexibility index (Phi) is 2.66. The molecule has 4 heteroatoms. The zero-order chi connectivity index (χ0) is 10.2. The van der Waals surface area contributed by atoms with Crippen LogP contribution in [0.25, 0.3) is 0 Å². The van der Waals surface area contributed by atoms with Gasteiger partial charge in [-0.05, 0) is 30.4 Å². The fourth-order valence-corrected chi connectivity index (χ4v) is 4.15. The Morgan fingerprint density at radius 1 is 1.29 bits per heavy atom. The lowest BCUT2D eigenvalue weighted by atomic mass is 9.91. The van der Waals surface area contributed by atoms with E-state index in [1.165, 1.54) is 5.56 Å². The van der Waals surface area contributed by atoms with Gasteiger partial charge in [0.25, 0.3) is 0 Å². The lowest BCUT2D eigenvalue weighted by molar-refractivity contribution is 0.576. The molecule has 0 spiro atoms. The van der Waals surface area contributed by atoms with E-state index in [1.807, 2.05) is 24.3 Å². The molecule has 2 nitrogen and oxygen atoms in total. The van der Waals surface area contributed by atoms with Gasteiger partial charge in [-0.25, -0.2) is 8.42 Å². The summed E-state index contributed by atoms with van der Waals surface area (Å²) in [4.78, 5) is 0. The van der Waals surface area contributed by atoms with Crippen molar-refractivity contribution in [3.63, 3.8) is 0 Å². The molecule has 0 saturated carbocycles. The summed E-state index contributed by atoms with van der Waals surface area (Å²) in [5, 5.41) is -0.354. The van der Waals surface area contributed by atoms with Crippen molar-refractivity contribution in [2.75, 3.05) is 0 Å². The van der Waals surface area contributed by atoms with Crippen LogP contribution in [-0.4, -0.2) is 8.42 Å². The van der Waals surface area contributed by atoms with Crippen LogP contribution in [0.4, 0.5) is 0 Å². The molecule has 76 valence electrons. The molecule has 2 rings (SSSR count). The highest BCUT2D eigenvalue weighted by atomic mass is 79.9. The third-order valence-electron chi connectivity index (χ3n) is 2.65. The predicted molar refractivity (Wildman–Crippen MR) is 60.0 cm³/mol. The van der Waals surface area contributed by atoms with Gasteiger partial charge < -0.3 is 0 Å². The minimum Gasteiger partial charge on any atom is -0.216 e. The number of rotatable bonds is 1. The maximum atomic E-state index is 11.5. The molecule has 1 aliphatic carbocycles. The van der Waals surface area contributed by atoms with Gasteiger partial charge in [0.05, 0.1) is 20.1 Å². The molecule has 1 aromatic rings. The van der Waals surface area contributed by atoms with Crippen LogP contribution in [0.15, 0.2) is 24.3 Å². The van der Waals surface area contributed by atoms with E-state index in [0.29, 0.717) is 0 Å². The van der Waals surface area contributed by atoms with Gasteiger partial charge in [-0.1, -0.05) is 24.3 Å². The molecule has 0 saturated heterocycles. The summed E-state index contributed by atoms with van der Waals surface area (Å²) < 4.78 is 22.9. The molecule has 1 aliphatic rings. The van der Waals surface area contributed by atoms with Crippen molar-refractivity contribution in [1.82, 2.24) is 0 Å². The molecule has 0 aliphatic heterocycles. The summed E-state index contributed by atoms with van der Waals surface area (Å²) in [6.45, 7) is 0. The van der Waals surface area contributed by atoms with E-state index in [2.05, 4.69) is 14.8 Å². The lowest BCUT2D eigenvalue weighted by Crippen LogP contribution is -2.14. The number of aryl methyl sites for hydroxylation is 1. The van der Waals surface area contributed by atoms with Gasteiger partial charge in [0.15, 0.2) is 0 Å². The quantitative estimate of drug-likeness (QED) is 0.738. The average Bonchev–Trinajstić information content (AvgIpc) is 2.15. The van der Waals surface area contributed by atoms with Crippen molar-refractivity contribution in [3.8, 4) is 0 Å². The highest BCUT2D eigenvalue weighted by Gasteiger charge is 2.28. The predicted octanol–water partition coefficient (Wildman–Crippen LogP) is 2.79. The Morgan fingerprint density at radius 3 is 2.71 bits per heavy atom. The molecule has 0 N–H and O–H groups in total. The van der Waals surface area contributed by atoms with E-state index in [9.17, 15) is 8.42 Å².